The SMILES string of the molecule is CC/C=C\C/C=C\C/C=C\C/C=C\CCCCCCCCCCCCCCCCCCCCCCCCC(=O)OC(CO)COC(=O)CCCCCCCCC/C=C\C/C=C\CCCCCC. The molecule has 0 aromatic carbocycles. The number of allylic oxidation sites excluding steroid dienone is 12. The van der Waals surface area contributed by atoms with Gasteiger partial charge in [0.25, 0.3) is 0 Å². The van der Waals surface area contributed by atoms with Crippen LogP contribution in [-0.2, 0) is 19.1 Å². The fourth-order valence-corrected chi connectivity index (χ4v) is 8.40. The lowest BCUT2D eigenvalue weighted by molar-refractivity contribution is -0.161. The smallest absolute Gasteiger partial charge is 0.306 e. The van der Waals surface area contributed by atoms with Crippen LogP contribution in [-0.4, -0.2) is 36.4 Å². The minimum absolute atomic E-state index is 0.0685. The number of carbonyl (C=O) groups is 2. The lowest BCUT2D eigenvalue weighted by Gasteiger charge is -2.15. The Hall–Kier alpha value is -2.66. The number of rotatable bonds is 53. The summed E-state index contributed by atoms with van der Waals surface area (Å²) in [6.45, 7) is 4.03. The van der Waals surface area contributed by atoms with Crippen molar-refractivity contribution < 1.29 is 24.2 Å². The fraction of sp³-hybridized carbons (Fsp3) is 0.774. The van der Waals surface area contributed by atoms with Gasteiger partial charge in [-0.05, 0) is 83.5 Å². The van der Waals surface area contributed by atoms with Crippen LogP contribution in [0, 0.1) is 0 Å². The van der Waals surface area contributed by atoms with Gasteiger partial charge in [-0.25, -0.2) is 0 Å². The molecule has 0 saturated heterocycles. The monoisotopic (exact) mass is 935 g/mol. The first kappa shape index (κ1) is 64.3. The highest BCUT2D eigenvalue weighted by Crippen LogP contribution is 2.17. The van der Waals surface area contributed by atoms with Gasteiger partial charge in [0.1, 0.15) is 6.61 Å². The van der Waals surface area contributed by atoms with Crippen molar-refractivity contribution in [3.05, 3.63) is 72.9 Å². The lowest BCUT2D eigenvalue weighted by atomic mass is 10.0. The fourth-order valence-electron chi connectivity index (χ4n) is 8.40. The molecule has 1 atom stereocenters. The number of aliphatic hydroxyl groups is 1. The molecule has 5 nitrogen and oxygen atoms in total. The summed E-state index contributed by atoms with van der Waals surface area (Å²) >= 11 is 0. The molecule has 0 amide bonds. The van der Waals surface area contributed by atoms with E-state index in [9.17, 15) is 14.7 Å². The zero-order valence-electron chi connectivity index (χ0n) is 44.4. The van der Waals surface area contributed by atoms with Gasteiger partial charge in [-0.15, -0.1) is 0 Å². The lowest BCUT2D eigenvalue weighted by Crippen LogP contribution is -2.28. The molecule has 0 spiro atoms. The molecule has 1 unspecified atom stereocenters. The first-order chi connectivity index (χ1) is 33.1. The average molecular weight is 936 g/mol. The van der Waals surface area contributed by atoms with Crippen LogP contribution in [0.15, 0.2) is 72.9 Å². The van der Waals surface area contributed by atoms with E-state index in [4.69, 9.17) is 9.47 Å². The van der Waals surface area contributed by atoms with Crippen molar-refractivity contribution in [3.63, 3.8) is 0 Å². The number of hydrogen-bond donors (Lipinski definition) is 1. The maximum atomic E-state index is 12.3. The zero-order valence-corrected chi connectivity index (χ0v) is 44.4. The Bertz CT molecular complexity index is 1190. The van der Waals surface area contributed by atoms with E-state index < -0.39 is 6.10 Å². The maximum Gasteiger partial charge on any atom is 0.306 e. The van der Waals surface area contributed by atoms with Crippen molar-refractivity contribution in [2.45, 2.75) is 296 Å². The van der Waals surface area contributed by atoms with Crippen LogP contribution in [0.1, 0.15) is 290 Å². The second-order valence-electron chi connectivity index (χ2n) is 19.3. The van der Waals surface area contributed by atoms with Crippen molar-refractivity contribution in [2.24, 2.45) is 0 Å². The van der Waals surface area contributed by atoms with E-state index in [-0.39, 0.29) is 25.2 Å². The van der Waals surface area contributed by atoms with Crippen LogP contribution in [0.5, 0.6) is 0 Å². The molecule has 0 aromatic heterocycles. The van der Waals surface area contributed by atoms with Gasteiger partial charge >= 0.3 is 11.9 Å². The van der Waals surface area contributed by atoms with E-state index in [1.807, 2.05) is 0 Å². The summed E-state index contributed by atoms with van der Waals surface area (Å²) in [5.41, 5.74) is 0. The molecule has 0 aromatic rings. The molecular weight excluding hydrogens is 825 g/mol. The molecule has 388 valence electrons. The first-order valence-electron chi connectivity index (χ1n) is 29.0. The minimum atomic E-state index is -0.776. The normalized spacial score (nSPS) is 12.7. The topological polar surface area (TPSA) is 72.8 Å². The van der Waals surface area contributed by atoms with E-state index in [0.29, 0.717) is 12.8 Å². The van der Waals surface area contributed by atoms with E-state index >= 15 is 0 Å². The van der Waals surface area contributed by atoms with Crippen LogP contribution in [0.4, 0.5) is 0 Å². The van der Waals surface area contributed by atoms with E-state index in [1.54, 1.807) is 0 Å². The van der Waals surface area contributed by atoms with Gasteiger partial charge in [0.05, 0.1) is 6.61 Å². The van der Waals surface area contributed by atoms with Gasteiger partial charge in [-0.3, -0.25) is 9.59 Å². The molecule has 0 bridgehead atoms. The maximum absolute atomic E-state index is 12.3. The molecule has 0 aliphatic heterocycles. The minimum Gasteiger partial charge on any atom is -0.462 e. The number of ether oxygens (including phenoxy) is 2. The second-order valence-corrected chi connectivity index (χ2v) is 19.3. The number of hydrogen-bond acceptors (Lipinski definition) is 5. The average Bonchev–Trinajstić information content (AvgIpc) is 3.33. The molecule has 0 aliphatic carbocycles. The highest BCUT2D eigenvalue weighted by molar-refractivity contribution is 5.70. The Labute approximate surface area is 416 Å². The number of unbranched alkanes of at least 4 members (excludes halogenated alkanes) is 33. The molecule has 0 heterocycles. The number of esters is 2. The zero-order chi connectivity index (χ0) is 48.5. The summed E-state index contributed by atoms with van der Waals surface area (Å²) in [5.74, 6) is -0.589. The van der Waals surface area contributed by atoms with Crippen LogP contribution < -0.4 is 0 Å². The molecule has 67 heavy (non-hydrogen) atoms. The van der Waals surface area contributed by atoms with E-state index in [2.05, 4.69) is 86.8 Å². The molecule has 0 aliphatic rings. The van der Waals surface area contributed by atoms with Gasteiger partial charge in [-0.1, -0.05) is 267 Å². The summed E-state index contributed by atoms with van der Waals surface area (Å²) in [7, 11) is 0. The Morgan fingerprint density at radius 1 is 0.358 bits per heavy atom. The van der Waals surface area contributed by atoms with Crippen molar-refractivity contribution in [3.8, 4) is 0 Å². The third-order valence-electron chi connectivity index (χ3n) is 12.7. The van der Waals surface area contributed by atoms with Crippen LogP contribution in [0.3, 0.4) is 0 Å². The number of aliphatic hydroxyl groups excluding tert-OH is 1. The summed E-state index contributed by atoms with van der Waals surface area (Å²) in [4.78, 5) is 24.5. The van der Waals surface area contributed by atoms with E-state index in [0.717, 1.165) is 77.0 Å². The third kappa shape index (κ3) is 55.8. The van der Waals surface area contributed by atoms with Crippen molar-refractivity contribution in [2.75, 3.05) is 13.2 Å². The Kier molecular flexibility index (Phi) is 55.4. The molecule has 1 N–H and O–H groups in total. The summed E-state index contributed by atoms with van der Waals surface area (Å²) in [5, 5.41) is 9.65. The molecular formula is C62H110O5. The molecule has 0 saturated carbocycles. The largest absolute Gasteiger partial charge is 0.462 e. The highest BCUT2D eigenvalue weighted by atomic mass is 16.6. The highest BCUT2D eigenvalue weighted by Gasteiger charge is 2.16. The van der Waals surface area contributed by atoms with Gasteiger partial charge in [-0.2, -0.15) is 0 Å². The van der Waals surface area contributed by atoms with Crippen LogP contribution >= 0.6 is 0 Å². The molecule has 0 radical (unpaired) electrons. The Morgan fingerprint density at radius 3 is 0.970 bits per heavy atom. The van der Waals surface area contributed by atoms with Gasteiger partial charge in [0, 0.05) is 12.8 Å². The molecule has 0 fully saturated rings. The Morgan fingerprint density at radius 2 is 0.642 bits per heavy atom. The van der Waals surface area contributed by atoms with Gasteiger partial charge < -0.3 is 14.6 Å². The second kappa shape index (κ2) is 57.7. The first-order valence-corrected chi connectivity index (χ1v) is 29.0. The van der Waals surface area contributed by atoms with Crippen molar-refractivity contribution in [1.29, 1.82) is 0 Å². The number of carbonyl (C=O) groups excluding carboxylic acids is 2. The molecule has 5 heteroatoms. The summed E-state index contributed by atoms with van der Waals surface area (Å²) < 4.78 is 10.7. The molecule has 0 rings (SSSR count). The van der Waals surface area contributed by atoms with Crippen LogP contribution in [0.2, 0.25) is 0 Å². The van der Waals surface area contributed by atoms with Crippen LogP contribution in [0.25, 0.3) is 0 Å². The van der Waals surface area contributed by atoms with Crippen molar-refractivity contribution >= 4 is 11.9 Å². The predicted molar refractivity (Wildman–Crippen MR) is 293 cm³/mol. The van der Waals surface area contributed by atoms with E-state index in [1.165, 1.54) is 186 Å². The third-order valence-corrected chi connectivity index (χ3v) is 12.7. The quantitative estimate of drug-likeness (QED) is 0.0374. The predicted octanol–water partition coefficient (Wildman–Crippen LogP) is 19.6. The summed E-state index contributed by atoms with van der Waals surface area (Å²) in [6, 6.07) is 0. The Balaban J connectivity index is 3.43. The van der Waals surface area contributed by atoms with Gasteiger partial charge in [0.15, 0.2) is 6.10 Å². The summed E-state index contributed by atoms with van der Waals surface area (Å²) in [6.07, 6.45) is 78.9. The van der Waals surface area contributed by atoms with Gasteiger partial charge in [0.2, 0.25) is 0 Å². The van der Waals surface area contributed by atoms with Crippen molar-refractivity contribution in [1.82, 2.24) is 0 Å². The standard InChI is InChI=1S/C62H110O5/c1-3-5-7-9-11-13-15-17-19-21-23-24-25-26-27-28-29-30-31-32-33-34-35-36-37-38-39-41-43-45-47-49-51-53-55-57-62(65)67-60(58-63)59-66-61(64)56-54-52-50-48-46-44-42-40-22-20-18-16-14-12-10-8-6-4-2/h5,7,11,13-14,16-17,19-20,22-24,60,63H,3-4,6,8-10,12,15,18,21,25-59H2,1-2H3/b7-5-,13-11-,16-14-,19-17-,22-20-,24-23-.